The van der Waals surface area contributed by atoms with E-state index in [0.29, 0.717) is 10.6 Å². The minimum atomic E-state index is -3.67. The number of carbonyl (C=O) groups excluding carboxylic acids is 1. The Bertz CT molecular complexity index is 1120. The minimum absolute atomic E-state index is 0.0675. The molecule has 1 fully saturated rings. The van der Waals surface area contributed by atoms with Crippen LogP contribution in [0.2, 0.25) is 0 Å². The molecule has 1 aliphatic heterocycles. The Balaban J connectivity index is 1.57. The summed E-state index contributed by atoms with van der Waals surface area (Å²) in [7, 11) is -3.67. The van der Waals surface area contributed by atoms with Gasteiger partial charge in [0.05, 0.1) is 9.77 Å². The van der Waals surface area contributed by atoms with E-state index in [2.05, 4.69) is 20.7 Å². The van der Waals surface area contributed by atoms with Crippen molar-refractivity contribution in [2.75, 3.05) is 17.8 Å². The number of amides is 1. The van der Waals surface area contributed by atoms with Crippen LogP contribution < -0.4 is 4.72 Å². The van der Waals surface area contributed by atoms with Crippen LogP contribution in [0.25, 0.3) is 10.1 Å². The fourth-order valence-corrected chi connectivity index (χ4v) is 5.62. The standard InChI is InChI=1S/C20H19BrN2O3S2/c21-15-4-7-17(8-5-15)28(25,26)22-16-6-9-18-14(12-16)13-19(27-18)20(24)23-10-2-1-3-11-23/h4-9,12-13,22H,1-3,10-11H2. The number of anilines is 1. The van der Waals surface area contributed by atoms with Crippen LogP contribution in [0.4, 0.5) is 5.69 Å². The van der Waals surface area contributed by atoms with Crippen LogP contribution in [0.15, 0.2) is 57.9 Å². The van der Waals surface area contributed by atoms with Gasteiger partial charge in [-0.1, -0.05) is 15.9 Å². The van der Waals surface area contributed by atoms with E-state index in [1.807, 2.05) is 17.0 Å². The summed E-state index contributed by atoms with van der Waals surface area (Å²) in [6, 6.07) is 13.7. The van der Waals surface area contributed by atoms with Crippen LogP contribution in [0, 0.1) is 0 Å². The lowest BCUT2D eigenvalue weighted by molar-refractivity contribution is 0.0729. The zero-order valence-electron chi connectivity index (χ0n) is 15.0. The minimum Gasteiger partial charge on any atom is -0.338 e. The molecule has 146 valence electrons. The molecule has 8 heteroatoms. The first-order chi connectivity index (χ1) is 13.4. The Hall–Kier alpha value is -1.90. The van der Waals surface area contributed by atoms with Crippen molar-refractivity contribution in [3.63, 3.8) is 0 Å². The number of piperidine rings is 1. The predicted octanol–water partition coefficient (Wildman–Crippen LogP) is 5.09. The van der Waals surface area contributed by atoms with E-state index < -0.39 is 10.0 Å². The number of rotatable bonds is 4. The number of hydrogen-bond acceptors (Lipinski definition) is 4. The van der Waals surface area contributed by atoms with Crippen LogP contribution in [-0.4, -0.2) is 32.3 Å². The molecule has 0 aliphatic carbocycles. The predicted molar refractivity (Wildman–Crippen MR) is 117 cm³/mol. The van der Waals surface area contributed by atoms with Crippen molar-refractivity contribution >= 4 is 59.0 Å². The number of carbonyl (C=O) groups is 1. The van der Waals surface area contributed by atoms with Gasteiger partial charge in [0.15, 0.2) is 0 Å². The Morgan fingerprint density at radius 1 is 1.00 bits per heavy atom. The summed E-state index contributed by atoms with van der Waals surface area (Å²) in [6.45, 7) is 1.62. The Kier molecular flexibility index (Phi) is 5.44. The molecule has 0 unspecified atom stereocenters. The average molecular weight is 479 g/mol. The lowest BCUT2D eigenvalue weighted by Gasteiger charge is -2.26. The molecule has 2 heterocycles. The highest BCUT2D eigenvalue weighted by atomic mass is 79.9. The van der Waals surface area contributed by atoms with Gasteiger partial charge in [0.1, 0.15) is 0 Å². The number of benzene rings is 2. The lowest BCUT2D eigenvalue weighted by atomic mass is 10.1. The van der Waals surface area contributed by atoms with Crippen LogP contribution in [0.3, 0.4) is 0 Å². The van der Waals surface area contributed by atoms with Gasteiger partial charge in [0.2, 0.25) is 0 Å². The molecule has 1 saturated heterocycles. The summed E-state index contributed by atoms with van der Waals surface area (Å²) in [5, 5.41) is 0.862. The number of halogens is 1. The fraction of sp³-hybridized carbons (Fsp3) is 0.250. The van der Waals surface area contributed by atoms with E-state index in [9.17, 15) is 13.2 Å². The number of thiophene rings is 1. The fourth-order valence-electron chi connectivity index (χ4n) is 3.29. The third-order valence-corrected chi connectivity index (χ3v) is 7.78. The first-order valence-corrected chi connectivity index (χ1v) is 12.1. The summed E-state index contributed by atoms with van der Waals surface area (Å²) in [5.41, 5.74) is 0.477. The topological polar surface area (TPSA) is 66.5 Å². The van der Waals surface area contributed by atoms with E-state index in [0.717, 1.165) is 40.5 Å². The van der Waals surface area contributed by atoms with Crippen molar-refractivity contribution in [1.29, 1.82) is 0 Å². The molecule has 1 N–H and O–H groups in total. The summed E-state index contributed by atoms with van der Waals surface area (Å²) in [5.74, 6) is 0.0675. The normalized spacial score (nSPS) is 15.0. The van der Waals surface area contributed by atoms with Crippen LogP contribution in [-0.2, 0) is 10.0 Å². The second-order valence-electron chi connectivity index (χ2n) is 6.78. The van der Waals surface area contributed by atoms with E-state index in [-0.39, 0.29) is 10.8 Å². The third kappa shape index (κ3) is 4.09. The van der Waals surface area contributed by atoms with Crippen molar-refractivity contribution in [2.24, 2.45) is 0 Å². The molecule has 4 rings (SSSR count). The summed E-state index contributed by atoms with van der Waals surface area (Å²) >= 11 is 4.75. The molecule has 0 spiro atoms. The van der Waals surface area contributed by atoms with Gasteiger partial charge in [-0.15, -0.1) is 11.3 Å². The highest BCUT2D eigenvalue weighted by molar-refractivity contribution is 9.10. The van der Waals surface area contributed by atoms with Crippen LogP contribution in [0.1, 0.15) is 28.9 Å². The van der Waals surface area contributed by atoms with E-state index in [1.54, 1.807) is 36.4 Å². The van der Waals surface area contributed by atoms with Crippen molar-refractivity contribution < 1.29 is 13.2 Å². The van der Waals surface area contributed by atoms with Crippen molar-refractivity contribution in [1.82, 2.24) is 4.90 Å². The molecule has 0 atom stereocenters. The van der Waals surface area contributed by atoms with E-state index in [4.69, 9.17) is 0 Å². The van der Waals surface area contributed by atoms with Gasteiger partial charge in [-0.25, -0.2) is 8.42 Å². The van der Waals surface area contributed by atoms with Gasteiger partial charge in [0, 0.05) is 27.9 Å². The van der Waals surface area contributed by atoms with Gasteiger partial charge in [0.25, 0.3) is 15.9 Å². The highest BCUT2D eigenvalue weighted by Gasteiger charge is 2.20. The van der Waals surface area contributed by atoms with Gasteiger partial charge >= 0.3 is 0 Å². The third-order valence-electron chi connectivity index (χ3n) is 4.75. The zero-order valence-corrected chi connectivity index (χ0v) is 18.2. The summed E-state index contributed by atoms with van der Waals surface area (Å²) in [6.07, 6.45) is 3.29. The molecular formula is C20H19BrN2O3S2. The largest absolute Gasteiger partial charge is 0.338 e. The summed E-state index contributed by atoms with van der Waals surface area (Å²) in [4.78, 5) is 15.5. The maximum atomic E-state index is 12.7. The lowest BCUT2D eigenvalue weighted by Crippen LogP contribution is -2.35. The SMILES string of the molecule is O=C(c1cc2cc(NS(=O)(=O)c3ccc(Br)cc3)ccc2s1)N1CCCCC1. The molecule has 0 radical (unpaired) electrons. The highest BCUT2D eigenvalue weighted by Crippen LogP contribution is 2.30. The monoisotopic (exact) mass is 478 g/mol. The molecule has 5 nitrogen and oxygen atoms in total. The second kappa shape index (κ2) is 7.85. The van der Waals surface area contributed by atoms with Gasteiger partial charge in [-0.3, -0.25) is 9.52 Å². The molecule has 1 aromatic heterocycles. The molecule has 0 bridgehead atoms. The maximum absolute atomic E-state index is 12.7. The van der Waals surface area contributed by atoms with Crippen LogP contribution in [0.5, 0.6) is 0 Å². The second-order valence-corrected chi connectivity index (χ2v) is 10.5. The Labute approximate surface area is 176 Å². The molecule has 1 amide bonds. The first kappa shape index (κ1) is 19.4. The van der Waals surface area contributed by atoms with Crippen molar-refractivity contribution in [3.8, 4) is 0 Å². The zero-order chi connectivity index (χ0) is 19.7. The first-order valence-electron chi connectivity index (χ1n) is 9.04. The quantitative estimate of drug-likeness (QED) is 0.567. The average Bonchev–Trinajstić information content (AvgIpc) is 3.11. The smallest absolute Gasteiger partial charge is 0.263 e. The number of likely N-dealkylation sites (tertiary alicyclic amines) is 1. The van der Waals surface area contributed by atoms with E-state index in [1.165, 1.54) is 17.8 Å². The van der Waals surface area contributed by atoms with Gasteiger partial charge < -0.3 is 4.90 Å². The summed E-state index contributed by atoms with van der Waals surface area (Å²) < 4.78 is 29.6. The molecule has 28 heavy (non-hydrogen) atoms. The van der Waals surface area contributed by atoms with Crippen LogP contribution >= 0.6 is 27.3 Å². The number of nitrogens with one attached hydrogen (secondary N) is 1. The van der Waals surface area contributed by atoms with Gasteiger partial charge in [-0.05, 0) is 73.2 Å². The molecular weight excluding hydrogens is 460 g/mol. The number of hydrogen-bond donors (Lipinski definition) is 1. The van der Waals surface area contributed by atoms with Gasteiger partial charge in [-0.2, -0.15) is 0 Å². The molecule has 2 aromatic carbocycles. The maximum Gasteiger partial charge on any atom is 0.263 e. The number of nitrogens with zero attached hydrogens (tertiary/aromatic N) is 1. The van der Waals surface area contributed by atoms with Crippen molar-refractivity contribution in [3.05, 3.63) is 57.9 Å². The van der Waals surface area contributed by atoms with Crippen molar-refractivity contribution in [2.45, 2.75) is 24.2 Å². The Morgan fingerprint density at radius 3 is 2.43 bits per heavy atom. The Morgan fingerprint density at radius 2 is 1.71 bits per heavy atom. The number of sulfonamides is 1. The number of fused-ring (bicyclic) bond motifs is 1. The molecule has 1 aliphatic rings. The van der Waals surface area contributed by atoms with E-state index >= 15 is 0 Å². The molecule has 3 aromatic rings. The molecule has 0 saturated carbocycles.